The van der Waals surface area contributed by atoms with Crippen molar-refractivity contribution in [3.05, 3.63) is 23.6 Å². The molecule has 0 aromatic carbocycles. The van der Waals surface area contributed by atoms with Crippen LogP contribution in [0.3, 0.4) is 0 Å². The molecular weight excluding hydrogens is 102 g/mol. The average molecular weight is 111 g/mol. The quantitative estimate of drug-likeness (QED) is 0.487. The minimum Gasteiger partial charge on any atom is -0.506 e. The van der Waals surface area contributed by atoms with E-state index in [0.717, 1.165) is 12.2 Å². The summed E-state index contributed by atoms with van der Waals surface area (Å²) in [4.78, 5) is 0. The minimum absolute atomic E-state index is 0.344. The molecule has 1 heterocycles. The maximum Gasteiger partial charge on any atom is 0.133 e. The molecule has 44 valence electrons. The van der Waals surface area contributed by atoms with Gasteiger partial charge in [-0.25, -0.2) is 0 Å². The van der Waals surface area contributed by atoms with Crippen molar-refractivity contribution in [2.75, 3.05) is 6.54 Å². The predicted octanol–water partition coefficient (Wildman–Crippen LogP) is 0.935. The molecule has 0 bridgehead atoms. The molecule has 2 N–H and O–H groups in total. The molecule has 0 aliphatic carbocycles. The Morgan fingerprint density at radius 3 is 2.88 bits per heavy atom. The molecule has 0 radical (unpaired) electrons. The van der Waals surface area contributed by atoms with Crippen LogP contribution in [-0.4, -0.2) is 11.7 Å². The number of nitrogens with one attached hydrogen (secondary N) is 1. The SMILES string of the molecule is CC1=C(O)C=CCN1. The Labute approximate surface area is 48.5 Å². The maximum absolute atomic E-state index is 8.91. The Hall–Kier alpha value is -0.920. The van der Waals surface area contributed by atoms with Crippen molar-refractivity contribution in [3.8, 4) is 0 Å². The molecule has 0 atom stereocenters. The van der Waals surface area contributed by atoms with Crippen LogP contribution in [0.5, 0.6) is 0 Å². The van der Waals surface area contributed by atoms with Crippen LogP contribution in [0.25, 0.3) is 0 Å². The average Bonchev–Trinajstić information content (AvgIpc) is 1.77. The standard InChI is InChI=1S/C6H9NO/c1-5-6(8)3-2-4-7-5/h2-3,7-8H,4H2,1H3. The van der Waals surface area contributed by atoms with Gasteiger partial charge in [0.05, 0.1) is 5.70 Å². The summed E-state index contributed by atoms with van der Waals surface area (Å²) in [6.45, 7) is 2.68. The lowest BCUT2D eigenvalue weighted by Gasteiger charge is -2.08. The first-order valence-electron chi connectivity index (χ1n) is 2.61. The van der Waals surface area contributed by atoms with Gasteiger partial charge in [0.15, 0.2) is 0 Å². The zero-order valence-electron chi connectivity index (χ0n) is 4.81. The summed E-state index contributed by atoms with van der Waals surface area (Å²) in [5.74, 6) is 0.344. The number of hydrogen-bond donors (Lipinski definition) is 2. The number of allylic oxidation sites excluding steroid dienone is 2. The molecule has 0 spiro atoms. The molecule has 0 amide bonds. The number of hydrogen-bond acceptors (Lipinski definition) is 2. The van der Waals surface area contributed by atoms with Gasteiger partial charge in [-0.15, -0.1) is 0 Å². The van der Waals surface area contributed by atoms with Gasteiger partial charge < -0.3 is 10.4 Å². The molecular formula is C6H9NO. The van der Waals surface area contributed by atoms with Crippen LogP contribution in [0, 0.1) is 0 Å². The highest BCUT2D eigenvalue weighted by Gasteiger charge is 1.97. The second-order valence-corrected chi connectivity index (χ2v) is 1.79. The van der Waals surface area contributed by atoms with Crippen molar-refractivity contribution in [1.82, 2.24) is 5.32 Å². The highest BCUT2D eigenvalue weighted by molar-refractivity contribution is 5.20. The number of dihydropyridines is 1. The van der Waals surface area contributed by atoms with E-state index in [1.807, 2.05) is 13.0 Å². The second-order valence-electron chi connectivity index (χ2n) is 1.79. The van der Waals surface area contributed by atoms with Crippen LogP contribution >= 0.6 is 0 Å². The van der Waals surface area contributed by atoms with E-state index >= 15 is 0 Å². The van der Waals surface area contributed by atoms with Crippen LogP contribution in [0.1, 0.15) is 6.92 Å². The first kappa shape index (κ1) is 5.22. The van der Waals surface area contributed by atoms with Gasteiger partial charge in [0.25, 0.3) is 0 Å². The molecule has 2 nitrogen and oxygen atoms in total. The van der Waals surface area contributed by atoms with Crippen LogP contribution < -0.4 is 5.32 Å². The largest absolute Gasteiger partial charge is 0.506 e. The fraction of sp³-hybridized carbons (Fsp3) is 0.333. The van der Waals surface area contributed by atoms with Gasteiger partial charge >= 0.3 is 0 Å². The summed E-state index contributed by atoms with van der Waals surface area (Å²) < 4.78 is 0. The summed E-state index contributed by atoms with van der Waals surface area (Å²) in [5, 5.41) is 11.9. The van der Waals surface area contributed by atoms with Crippen molar-refractivity contribution in [2.24, 2.45) is 0 Å². The predicted molar refractivity (Wildman–Crippen MR) is 32.5 cm³/mol. The van der Waals surface area contributed by atoms with Crippen molar-refractivity contribution in [3.63, 3.8) is 0 Å². The van der Waals surface area contributed by atoms with Gasteiger partial charge in [-0.3, -0.25) is 0 Å². The van der Waals surface area contributed by atoms with Crippen LogP contribution in [0.4, 0.5) is 0 Å². The van der Waals surface area contributed by atoms with Crippen molar-refractivity contribution < 1.29 is 5.11 Å². The molecule has 0 aromatic rings. The van der Waals surface area contributed by atoms with Crippen molar-refractivity contribution in [1.29, 1.82) is 0 Å². The smallest absolute Gasteiger partial charge is 0.133 e. The van der Waals surface area contributed by atoms with E-state index in [-0.39, 0.29) is 0 Å². The lowest BCUT2D eigenvalue weighted by atomic mass is 10.3. The van der Waals surface area contributed by atoms with E-state index in [1.165, 1.54) is 0 Å². The molecule has 0 saturated carbocycles. The van der Waals surface area contributed by atoms with Gasteiger partial charge in [-0.2, -0.15) is 0 Å². The molecule has 0 aromatic heterocycles. The fourth-order valence-electron chi connectivity index (χ4n) is 0.598. The van der Waals surface area contributed by atoms with Gasteiger partial charge in [-0.05, 0) is 13.0 Å². The maximum atomic E-state index is 8.91. The fourth-order valence-corrected chi connectivity index (χ4v) is 0.598. The summed E-state index contributed by atoms with van der Waals surface area (Å²) in [7, 11) is 0. The van der Waals surface area contributed by atoms with Gasteiger partial charge in [0, 0.05) is 6.54 Å². The molecule has 1 aliphatic rings. The third-order valence-electron chi connectivity index (χ3n) is 1.15. The Kier molecular flexibility index (Phi) is 1.24. The first-order chi connectivity index (χ1) is 3.80. The van der Waals surface area contributed by atoms with E-state index in [1.54, 1.807) is 6.08 Å². The van der Waals surface area contributed by atoms with Gasteiger partial charge in [-0.1, -0.05) is 6.08 Å². The summed E-state index contributed by atoms with van der Waals surface area (Å²) in [6, 6.07) is 0. The normalized spacial score (nSPS) is 18.6. The third kappa shape index (κ3) is 0.832. The van der Waals surface area contributed by atoms with Crippen molar-refractivity contribution in [2.45, 2.75) is 6.92 Å². The van der Waals surface area contributed by atoms with Crippen LogP contribution in [-0.2, 0) is 0 Å². The Morgan fingerprint density at radius 1 is 1.75 bits per heavy atom. The highest BCUT2D eigenvalue weighted by Crippen LogP contribution is 2.01. The molecule has 1 rings (SSSR count). The summed E-state index contributed by atoms with van der Waals surface area (Å²) >= 11 is 0. The molecule has 0 saturated heterocycles. The van der Waals surface area contributed by atoms with E-state index in [4.69, 9.17) is 5.11 Å². The Bertz CT molecular complexity index is 147. The Morgan fingerprint density at radius 2 is 2.50 bits per heavy atom. The monoisotopic (exact) mass is 111 g/mol. The minimum atomic E-state index is 0.344. The third-order valence-corrected chi connectivity index (χ3v) is 1.15. The topological polar surface area (TPSA) is 32.3 Å². The lowest BCUT2D eigenvalue weighted by molar-refractivity contribution is 0.416. The van der Waals surface area contributed by atoms with Gasteiger partial charge in [0.1, 0.15) is 5.76 Å². The van der Waals surface area contributed by atoms with Crippen molar-refractivity contribution >= 4 is 0 Å². The molecule has 0 unspecified atom stereocenters. The van der Waals surface area contributed by atoms with Crippen LogP contribution in [0.2, 0.25) is 0 Å². The summed E-state index contributed by atoms with van der Waals surface area (Å²) in [6.07, 6.45) is 3.58. The highest BCUT2D eigenvalue weighted by atomic mass is 16.3. The lowest BCUT2D eigenvalue weighted by Crippen LogP contribution is -2.15. The number of aliphatic hydroxyl groups is 1. The molecule has 0 fully saturated rings. The van der Waals surface area contributed by atoms with Gasteiger partial charge in [0.2, 0.25) is 0 Å². The first-order valence-corrected chi connectivity index (χ1v) is 2.61. The molecule has 2 heteroatoms. The zero-order valence-corrected chi connectivity index (χ0v) is 4.81. The molecule has 8 heavy (non-hydrogen) atoms. The van der Waals surface area contributed by atoms with E-state index in [9.17, 15) is 0 Å². The molecule has 1 aliphatic heterocycles. The van der Waals surface area contributed by atoms with E-state index < -0.39 is 0 Å². The van der Waals surface area contributed by atoms with E-state index in [2.05, 4.69) is 5.32 Å². The number of rotatable bonds is 0. The number of aliphatic hydroxyl groups excluding tert-OH is 1. The Balaban J connectivity index is 2.76. The van der Waals surface area contributed by atoms with Crippen LogP contribution in [0.15, 0.2) is 23.6 Å². The zero-order chi connectivity index (χ0) is 5.98. The second kappa shape index (κ2) is 1.90. The summed E-state index contributed by atoms with van der Waals surface area (Å²) in [5.41, 5.74) is 0.854. The van der Waals surface area contributed by atoms with E-state index in [0.29, 0.717) is 5.76 Å².